The fourth-order valence-electron chi connectivity index (χ4n) is 3.68. The molecule has 1 heterocycles. The zero-order chi connectivity index (χ0) is 23.5. The molecule has 1 fully saturated rings. The number of aliphatic imine (C=N–C) groups is 1. The third-order valence-electron chi connectivity index (χ3n) is 6.05. The zero-order valence-electron chi connectivity index (χ0n) is 21.7. The maximum Gasteiger partial charge on any atom is 0.408 e. The SMILES string of the molecule is CCNC(=NCC(CC)(CC)NC(=O)OC(C)(C)C)NCC(C)N1CCN(CC)CC1.I. The lowest BCUT2D eigenvalue weighted by atomic mass is 9.93. The van der Waals surface area contributed by atoms with Crippen LogP contribution < -0.4 is 16.0 Å². The molecule has 0 aliphatic carbocycles. The van der Waals surface area contributed by atoms with Crippen LogP contribution in [0.25, 0.3) is 0 Å². The van der Waals surface area contributed by atoms with Crippen LogP contribution >= 0.6 is 24.0 Å². The third kappa shape index (κ3) is 11.4. The summed E-state index contributed by atoms with van der Waals surface area (Å²) >= 11 is 0. The van der Waals surface area contributed by atoms with Crippen molar-refractivity contribution in [3.8, 4) is 0 Å². The summed E-state index contributed by atoms with van der Waals surface area (Å²) in [4.78, 5) is 22.2. The molecule has 8 nitrogen and oxygen atoms in total. The number of guanidine groups is 1. The molecular weight excluding hydrogens is 519 g/mol. The number of likely N-dealkylation sites (N-methyl/N-ethyl adjacent to an activating group) is 1. The predicted molar refractivity (Wildman–Crippen MR) is 145 cm³/mol. The Hall–Kier alpha value is -0.810. The molecule has 0 aromatic heterocycles. The molecule has 1 aliphatic heterocycles. The van der Waals surface area contributed by atoms with Gasteiger partial charge in [0.1, 0.15) is 5.60 Å². The number of nitrogens with one attached hydrogen (secondary N) is 3. The van der Waals surface area contributed by atoms with Gasteiger partial charge in [0.15, 0.2) is 5.96 Å². The van der Waals surface area contributed by atoms with E-state index in [2.05, 4.69) is 60.4 Å². The van der Waals surface area contributed by atoms with Crippen LogP contribution in [0, 0.1) is 0 Å². The van der Waals surface area contributed by atoms with Crippen molar-refractivity contribution in [1.82, 2.24) is 25.8 Å². The summed E-state index contributed by atoms with van der Waals surface area (Å²) in [6.45, 7) is 24.1. The van der Waals surface area contributed by atoms with E-state index < -0.39 is 11.1 Å². The molecule has 190 valence electrons. The highest BCUT2D eigenvalue weighted by Gasteiger charge is 2.30. The Kier molecular flexibility index (Phi) is 14.8. The average Bonchev–Trinajstić information content (AvgIpc) is 2.73. The van der Waals surface area contributed by atoms with Gasteiger partial charge in [0.2, 0.25) is 0 Å². The molecule has 3 N–H and O–H groups in total. The topological polar surface area (TPSA) is 81.2 Å². The maximum absolute atomic E-state index is 12.4. The molecular formula is C23H49IN6O2. The lowest BCUT2D eigenvalue weighted by Gasteiger charge is -2.37. The summed E-state index contributed by atoms with van der Waals surface area (Å²) in [5.41, 5.74) is -0.942. The Morgan fingerprint density at radius 3 is 2.09 bits per heavy atom. The van der Waals surface area contributed by atoms with Crippen LogP contribution in [0.2, 0.25) is 0 Å². The van der Waals surface area contributed by atoms with E-state index in [9.17, 15) is 4.79 Å². The van der Waals surface area contributed by atoms with Crippen LogP contribution in [0.1, 0.15) is 68.2 Å². The van der Waals surface area contributed by atoms with Crippen LogP contribution in [0.4, 0.5) is 4.79 Å². The van der Waals surface area contributed by atoms with E-state index in [1.807, 2.05) is 20.8 Å². The van der Waals surface area contributed by atoms with Crippen molar-refractivity contribution in [3.05, 3.63) is 0 Å². The van der Waals surface area contributed by atoms with Gasteiger partial charge in [0, 0.05) is 45.3 Å². The molecule has 0 saturated carbocycles. The summed E-state index contributed by atoms with van der Waals surface area (Å²) in [5, 5.41) is 9.91. The van der Waals surface area contributed by atoms with Crippen molar-refractivity contribution in [2.75, 3.05) is 52.4 Å². The molecule has 0 aromatic carbocycles. The van der Waals surface area contributed by atoms with Crippen molar-refractivity contribution in [1.29, 1.82) is 0 Å². The first-order chi connectivity index (χ1) is 14.6. The van der Waals surface area contributed by atoms with E-state index in [0.29, 0.717) is 12.6 Å². The molecule has 1 saturated heterocycles. The van der Waals surface area contributed by atoms with Gasteiger partial charge in [-0.15, -0.1) is 24.0 Å². The Labute approximate surface area is 213 Å². The number of ether oxygens (including phenoxy) is 1. The molecule has 9 heteroatoms. The van der Waals surface area contributed by atoms with Gasteiger partial charge in [-0.1, -0.05) is 20.8 Å². The lowest BCUT2D eigenvalue weighted by molar-refractivity contribution is 0.0452. The molecule has 0 radical (unpaired) electrons. The number of rotatable bonds is 10. The van der Waals surface area contributed by atoms with Crippen LogP contribution in [0.5, 0.6) is 0 Å². The Morgan fingerprint density at radius 1 is 1.03 bits per heavy atom. The quantitative estimate of drug-likeness (QED) is 0.213. The standard InChI is InChI=1S/C23H48N6O2.HI/c1-9-23(10-2,27-21(30)31-22(6,7)8)18-26-20(24-11-3)25-17-19(5)29-15-13-28(12-4)14-16-29;/h19H,9-18H2,1-8H3,(H,27,30)(H2,24,25,26);1H. The number of carbonyl (C=O) groups excluding carboxylic acids is 1. The van der Waals surface area contributed by atoms with Crippen molar-refractivity contribution in [2.24, 2.45) is 4.99 Å². The van der Waals surface area contributed by atoms with Gasteiger partial charge in [0.05, 0.1) is 12.1 Å². The number of halogens is 1. The minimum atomic E-state index is -0.518. The first-order valence-corrected chi connectivity index (χ1v) is 12.1. The minimum Gasteiger partial charge on any atom is -0.444 e. The maximum atomic E-state index is 12.4. The van der Waals surface area contributed by atoms with E-state index in [0.717, 1.165) is 64.6 Å². The third-order valence-corrected chi connectivity index (χ3v) is 6.05. The number of hydrogen-bond donors (Lipinski definition) is 3. The van der Waals surface area contributed by atoms with Gasteiger partial charge < -0.3 is 25.6 Å². The van der Waals surface area contributed by atoms with E-state index in [1.54, 1.807) is 0 Å². The molecule has 0 aromatic rings. The predicted octanol–water partition coefficient (Wildman–Crippen LogP) is 3.27. The first kappa shape index (κ1) is 31.2. The van der Waals surface area contributed by atoms with Crippen LogP contribution in [-0.2, 0) is 4.74 Å². The molecule has 0 bridgehead atoms. The summed E-state index contributed by atoms with van der Waals surface area (Å²) in [5.74, 6) is 0.791. The number of piperazine rings is 1. The first-order valence-electron chi connectivity index (χ1n) is 12.1. The van der Waals surface area contributed by atoms with Crippen LogP contribution in [-0.4, -0.2) is 91.4 Å². The molecule has 0 spiro atoms. The number of hydrogen-bond acceptors (Lipinski definition) is 5. The van der Waals surface area contributed by atoms with Crippen molar-refractivity contribution < 1.29 is 9.53 Å². The lowest BCUT2D eigenvalue weighted by Crippen LogP contribution is -2.54. The van der Waals surface area contributed by atoms with Gasteiger partial charge in [-0.3, -0.25) is 9.89 Å². The fraction of sp³-hybridized carbons (Fsp3) is 0.913. The molecule has 1 unspecified atom stereocenters. The molecule has 32 heavy (non-hydrogen) atoms. The number of alkyl carbamates (subject to hydrolysis) is 1. The Morgan fingerprint density at radius 2 is 1.62 bits per heavy atom. The Bertz CT molecular complexity index is 555. The minimum absolute atomic E-state index is 0. The zero-order valence-corrected chi connectivity index (χ0v) is 24.0. The second-order valence-corrected chi connectivity index (χ2v) is 9.51. The summed E-state index contributed by atoms with van der Waals surface area (Å²) < 4.78 is 5.47. The second kappa shape index (κ2) is 15.2. The number of nitrogens with zero attached hydrogens (tertiary/aromatic N) is 3. The summed E-state index contributed by atoms with van der Waals surface area (Å²) in [6.07, 6.45) is 1.18. The van der Waals surface area contributed by atoms with E-state index in [-0.39, 0.29) is 30.1 Å². The highest BCUT2D eigenvalue weighted by atomic mass is 127. The van der Waals surface area contributed by atoms with Gasteiger partial charge >= 0.3 is 6.09 Å². The van der Waals surface area contributed by atoms with Gasteiger partial charge in [0.25, 0.3) is 0 Å². The molecule has 1 aliphatic rings. The molecule has 1 atom stereocenters. The van der Waals surface area contributed by atoms with Crippen molar-refractivity contribution in [2.45, 2.75) is 85.4 Å². The average molecular weight is 569 g/mol. The smallest absolute Gasteiger partial charge is 0.408 e. The molecule has 1 amide bonds. The van der Waals surface area contributed by atoms with E-state index in [4.69, 9.17) is 9.73 Å². The van der Waals surface area contributed by atoms with Gasteiger partial charge in [-0.2, -0.15) is 0 Å². The molecule has 1 rings (SSSR count). The number of carbonyl (C=O) groups is 1. The van der Waals surface area contributed by atoms with Gasteiger partial charge in [-0.05, 0) is 54.0 Å². The second-order valence-electron chi connectivity index (χ2n) is 9.51. The summed E-state index contributed by atoms with van der Waals surface area (Å²) in [7, 11) is 0. The van der Waals surface area contributed by atoms with E-state index in [1.165, 1.54) is 0 Å². The fourth-order valence-corrected chi connectivity index (χ4v) is 3.68. The van der Waals surface area contributed by atoms with Crippen molar-refractivity contribution in [3.63, 3.8) is 0 Å². The monoisotopic (exact) mass is 568 g/mol. The van der Waals surface area contributed by atoms with Crippen LogP contribution in [0.3, 0.4) is 0 Å². The van der Waals surface area contributed by atoms with Crippen LogP contribution in [0.15, 0.2) is 4.99 Å². The largest absolute Gasteiger partial charge is 0.444 e. The summed E-state index contributed by atoms with van der Waals surface area (Å²) in [6, 6.07) is 0.435. The van der Waals surface area contributed by atoms with Gasteiger partial charge in [-0.25, -0.2) is 4.79 Å². The highest BCUT2D eigenvalue weighted by Crippen LogP contribution is 2.17. The van der Waals surface area contributed by atoms with Crippen molar-refractivity contribution >= 4 is 36.0 Å². The Balaban J connectivity index is 0.00000961. The highest BCUT2D eigenvalue weighted by molar-refractivity contribution is 14.0. The van der Waals surface area contributed by atoms with E-state index >= 15 is 0 Å². The number of amides is 1. The normalized spacial score (nSPS) is 17.3.